The van der Waals surface area contributed by atoms with Gasteiger partial charge in [0.2, 0.25) is 0 Å². The van der Waals surface area contributed by atoms with Gasteiger partial charge in [0.05, 0.1) is 5.01 Å². The Hall–Kier alpha value is -2.66. The fourth-order valence-electron chi connectivity index (χ4n) is 3.02. The van der Waals surface area contributed by atoms with Crippen molar-refractivity contribution in [2.45, 2.75) is 19.3 Å². The van der Waals surface area contributed by atoms with Gasteiger partial charge in [-0.15, -0.1) is 11.3 Å². The molecule has 0 aliphatic heterocycles. The van der Waals surface area contributed by atoms with Gasteiger partial charge in [-0.1, -0.05) is 60.7 Å². The lowest BCUT2D eigenvalue weighted by Crippen LogP contribution is -2.40. The van der Waals surface area contributed by atoms with E-state index in [9.17, 15) is 0 Å². The third kappa shape index (κ3) is 5.66. The van der Waals surface area contributed by atoms with Gasteiger partial charge in [0.15, 0.2) is 5.96 Å². The Morgan fingerprint density at radius 1 is 1.00 bits per heavy atom. The first kappa shape index (κ1) is 19.1. The van der Waals surface area contributed by atoms with Crippen LogP contribution in [-0.4, -0.2) is 31.1 Å². The summed E-state index contributed by atoms with van der Waals surface area (Å²) < 4.78 is 0. The molecule has 3 rings (SSSR count). The Balaban J connectivity index is 1.60. The van der Waals surface area contributed by atoms with E-state index in [1.165, 1.54) is 16.0 Å². The molecular formula is C22H26N4S. The number of aromatic nitrogens is 1. The van der Waals surface area contributed by atoms with Crippen LogP contribution in [0.2, 0.25) is 0 Å². The molecule has 0 amide bonds. The van der Waals surface area contributed by atoms with Crippen molar-refractivity contribution < 1.29 is 0 Å². The summed E-state index contributed by atoms with van der Waals surface area (Å²) in [4.78, 5) is 10.0. The Labute approximate surface area is 165 Å². The third-order valence-corrected chi connectivity index (χ3v) is 5.37. The number of guanidine groups is 1. The summed E-state index contributed by atoms with van der Waals surface area (Å²) in [5.41, 5.74) is 2.59. The molecule has 0 saturated carbocycles. The van der Waals surface area contributed by atoms with E-state index in [4.69, 9.17) is 0 Å². The molecule has 1 heterocycles. The zero-order valence-corrected chi connectivity index (χ0v) is 16.7. The molecule has 0 spiro atoms. The normalized spacial score (nSPS) is 11.6. The molecule has 1 aromatic heterocycles. The van der Waals surface area contributed by atoms with E-state index in [2.05, 4.69) is 88.2 Å². The molecule has 2 N–H and O–H groups in total. The van der Waals surface area contributed by atoms with Crippen LogP contribution in [0.3, 0.4) is 0 Å². The van der Waals surface area contributed by atoms with E-state index in [1.807, 2.05) is 13.2 Å². The van der Waals surface area contributed by atoms with Gasteiger partial charge in [-0.3, -0.25) is 4.99 Å². The first-order valence-electron chi connectivity index (χ1n) is 9.22. The molecule has 0 saturated heterocycles. The number of hydrogen-bond acceptors (Lipinski definition) is 3. The van der Waals surface area contributed by atoms with Crippen LogP contribution in [0.4, 0.5) is 0 Å². The molecule has 0 aliphatic rings. The zero-order valence-electron chi connectivity index (χ0n) is 15.9. The number of hydrogen-bond donors (Lipinski definition) is 2. The lowest BCUT2D eigenvalue weighted by molar-refractivity contribution is 0.725. The summed E-state index contributed by atoms with van der Waals surface area (Å²) in [5, 5.41) is 8.03. The fourth-order valence-corrected chi connectivity index (χ4v) is 3.81. The molecule has 140 valence electrons. The van der Waals surface area contributed by atoms with E-state index in [0.717, 1.165) is 30.5 Å². The van der Waals surface area contributed by atoms with Crippen molar-refractivity contribution in [2.24, 2.45) is 4.99 Å². The van der Waals surface area contributed by atoms with Gasteiger partial charge in [-0.05, 0) is 18.1 Å². The highest BCUT2D eigenvalue weighted by Gasteiger charge is 2.14. The average molecular weight is 379 g/mol. The molecular weight excluding hydrogens is 352 g/mol. The number of aliphatic imine (C=N–C) groups is 1. The SMILES string of the molecule is CN=C(NCCc1ncc(C)s1)NCC(c1ccccc1)c1ccccc1. The summed E-state index contributed by atoms with van der Waals surface area (Å²) in [6.07, 6.45) is 2.83. The van der Waals surface area contributed by atoms with Crippen LogP contribution in [0, 0.1) is 6.92 Å². The van der Waals surface area contributed by atoms with Crippen molar-refractivity contribution in [1.29, 1.82) is 0 Å². The van der Waals surface area contributed by atoms with Crippen LogP contribution in [0.5, 0.6) is 0 Å². The predicted octanol–water partition coefficient (Wildman–Crippen LogP) is 3.99. The highest BCUT2D eigenvalue weighted by molar-refractivity contribution is 7.11. The maximum absolute atomic E-state index is 4.41. The second-order valence-electron chi connectivity index (χ2n) is 6.37. The maximum Gasteiger partial charge on any atom is 0.191 e. The summed E-state index contributed by atoms with van der Waals surface area (Å²) >= 11 is 1.75. The summed E-state index contributed by atoms with van der Waals surface area (Å²) in [6, 6.07) is 21.2. The monoisotopic (exact) mass is 378 g/mol. The quantitative estimate of drug-likeness (QED) is 0.483. The molecule has 0 radical (unpaired) electrons. The Kier molecular flexibility index (Phi) is 6.99. The lowest BCUT2D eigenvalue weighted by Gasteiger charge is -2.20. The van der Waals surface area contributed by atoms with Gasteiger partial charge in [0.25, 0.3) is 0 Å². The van der Waals surface area contributed by atoms with E-state index in [0.29, 0.717) is 0 Å². The topological polar surface area (TPSA) is 49.3 Å². The highest BCUT2D eigenvalue weighted by atomic mass is 32.1. The van der Waals surface area contributed by atoms with Gasteiger partial charge in [-0.2, -0.15) is 0 Å². The van der Waals surface area contributed by atoms with Gasteiger partial charge < -0.3 is 10.6 Å². The van der Waals surface area contributed by atoms with Crippen LogP contribution >= 0.6 is 11.3 Å². The van der Waals surface area contributed by atoms with Crippen molar-refractivity contribution in [1.82, 2.24) is 15.6 Å². The van der Waals surface area contributed by atoms with Crippen LogP contribution in [-0.2, 0) is 6.42 Å². The fraction of sp³-hybridized carbons (Fsp3) is 0.273. The van der Waals surface area contributed by atoms with Gasteiger partial charge >= 0.3 is 0 Å². The van der Waals surface area contributed by atoms with Crippen molar-refractivity contribution in [2.75, 3.05) is 20.1 Å². The number of aryl methyl sites for hydroxylation is 1. The number of thiazole rings is 1. The lowest BCUT2D eigenvalue weighted by atomic mass is 9.91. The van der Waals surface area contributed by atoms with Gasteiger partial charge in [0, 0.05) is 43.5 Å². The number of nitrogens with one attached hydrogen (secondary N) is 2. The molecule has 5 heteroatoms. The van der Waals surface area contributed by atoms with Gasteiger partial charge in [-0.25, -0.2) is 4.98 Å². The largest absolute Gasteiger partial charge is 0.356 e. The second kappa shape index (κ2) is 9.88. The first-order valence-corrected chi connectivity index (χ1v) is 10.0. The molecule has 4 nitrogen and oxygen atoms in total. The van der Waals surface area contributed by atoms with E-state index in [1.54, 1.807) is 11.3 Å². The Morgan fingerprint density at radius 3 is 2.15 bits per heavy atom. The third-order valence-electron chi connectivity index (χ3n) is 4.40. The Bertz CT molecular complexity index is 804. The molecule has 0 unspecified atom stereocenters. The minimum absolute atomic E-state index is 0.271. The first-order chi connectivity index (χ1) is 13.3. The summed E-state index contributed by atoms with van der Waals surface area (Å²) in [5.74, 6) is 1.09. The minimum atomic E-state index is 0.271. The molecule has 3 aromatic rings. The minimum Gasteiger partial charge on any atom is -0.356 e. The van der Waals surface area contributed by atoms with Crippen LogP contribution in [0.25, 0.3) is 0 Å². The predicted molar refractivity (Wildman–Crippen MR) is 115 cm³/mol. The maximum atomic E-state index is 4.41. The van der Waals surface area contributed by atoms with E-state index >= 15 is 0 Å². The summed E-state index contributed by atoms with van der Waals surface area (Å²) in [7, 11) is 1.81. The van der Waals surface area contributed by atoms with Crippen molar-refractivity contribution in [3.05, 3.63) is 87.9 Å². The van der Waals surface area contributed by atoms with Crippen molar-refractivity contribution >= 4 is 17.3 Å². The van der Waals surface area contributed by atoms with Gasteiger partial charge in [0.1, 0.15) is 0 Å². The number of nitrogens with zero attached hydrogens (tertiary/aromatic N) is 2. The molecule has 27 heavy (non-hydrogen) atoms. The second-order valence-corrected chi connectivity index (χ2v) is 7.69. The van der Waals surface area contributed by atoms with Crippen molar-refractivity contribution in [3.63, 3.8) is 0 Å². The van der Waals surface area contributed by atoms with Crippen LogP contribution in [0.1, 0.15) is 26.9 Å². The highest BCUT2D eigenvalue weighted by Crippen LogP contribution is 2.23. The molecule has 0 atom stereocenters. The average Bonchev–Trinajstić information content (AvgIpc) is 3.13. The molecule has 0 aliphatic carbocycles. The standard InChI is InChI=1S/C22H26N4S/c1-17-15-25-21(27-17)13-14-24-22(23-2)26-16-20(18-9-5-3-6-10-18)19-11-7-4-8-12-19/h3-12,15,20H,13-14,16H2,1-2H3,(H2,23,24,26). The van der Waals surface area contributed by atoms with Crippen LogP contribution < -0.4 is 10.6 Å². The summed E-state index contributed by atoms with van der Waals surface area (Å²) in [6.45, 7) is 3.68. The van der Waals surface area contributed by atoms with E-state index < -0.39 is 0 Å². The molecule has 0 bridgehead atoms. The molecule has 2 aromatic carbocycles. The zero-order chi connectivity index (χ0) is 18.9. The smallest absolute Gasteiger partial charge is 0.191 e. The number of rotatable bonds is 7. The Morgan fingerprint density at radius 2 is 1.63 bits per heavy atom. The molecule has 0 fully saturated rings. The van der Waals surface area contributed by atoms with Crippen molar-refractivity contribution in [3.8, 4) is 0 Å². The number of benzene rings is 2. The van der Waals surface area contributed by atoms with Crippen LogP contribution in [0.15, 0.2) is 71.9 Å². The van der Waals surface area contributed by atoms with E-state index in [-0.39, 0.29) is 5.92 Å².